The summed E-state index contributed by atoms with van der Waals surface area (Å²) in [5, 5.41) is 1.72. The van der Waals surface area contributed by atoms with Crippen LogP contribution in [0.15, 0.2) is 36.4 Å². The van der Waals surface area contributed by atoms with Gasteiger partial charge >= 0.3 is 0 Å². The zero-order chi connectivity index (χ0) is 23.6. The molecule has 7 heteroatoms. The van der Waals surface area contributed by atoms with Crippen molar-refractivity contribution in [1.82, 2.24) is 14.7 Å². The Morgan fingerprint density at radius 1 is 0.879 bits per heavy atom. The summed E-state index contributed by atoms with van der Waals surface area (Å²) >= 11 is 0. The molecule has 1 fully saturated rings. The fourth-order valence-corrected chi connectivity index (χ4v) is 4.55. The maximum Gasteiger partial charge on any atom is 0.261 e. The van der Waals surface area contributed by atoms with Crippen LogP contribution in [0.25, 0.3) is 10.8 Å². The van der Waals surface area contributed by atoms with Crippen molar-refractivity contribution < 1.29 is 19.1 Å². The Balaban J connectivity index is 1.30. The quantitative estimate of drug-likeness (QED) is 0.573. The number of ether oxygens (including phenoxy) is 2. The molecule has 2 aromatic rings. The molecule has 1 saturated heterocycles. The van der Waals surface area contributed by atoms with Gasteiger partial charge in [-0.25, -0.2) is 0 Å². The molecule has 2 aromatic carbocycles. The third kappa shape index (κ3) is 5.44. The van der Waals surface area contributed by atoms with Crippen LogP contribution in [0.1, 0.15) is 41.5 Å². The van der Waals surface area contributed by atoms with Crippen molar-refractivity contribution in [3.8, 4) is 0 Å². The van der Waals surface area contributed by atoms with Crippen LogP contribution in [0.5, 0.6) is 0 Å². The van der Waals surface area contributed by atoms with E-state index in [-0.39, 0.29) is 23.5 Å². The predicted molar refractivity (Wildman–Crippen MR) is 129 cm³/mol. The van der Waals surface area contributed by atoms with Gasteiger partial charge in [0, 0.05) is 69.4 Å². The van der Waals surface area contributed by atoms with Gasteiger partial charge in [0.25, 0.3) is 11.8 Å². The number of methoxy groups -OCH3 is 1. The summed E-state index contributed by atoms with van der Waals surface area (Å²) in [6, 6.07) is 11.3. The first-order valence-corrected chi connectivity index (χ1v) is 11.8. The second-order valence-electron chi connectivity index (χ2n) is 9.89. The van der Waals surface area contributed by atoms with Crippen LogP contribution < -0.4 is 0 Å². The van der Waals surface area contributed by atoms with Crippen molar-refractivity contribution in [1.29, 1.82) is 0 Å². The molecule has 2 aliphatic rings. The molecule has 4 rings (SSSR count). The lowest BCUT2D eigenvalue weighted by Crippen LogP contribution is -2.52. The number of piperazine rings is 1. The maximum absolute atomic E-state index is 13.1. The van der Waals surface area contributed by atoms with Gasteiger partial charge in [0.1, 0.15) is 0 Å². The highest BCUT2D eigenvalue weighted by Crippen LogP contribution is 2.29. The van der Waals surface area contributed by atoms with Gasteiger partial charge in [-0.3, -0.25) is 24.3 Å². The van der Waals surface area contributed by atoms with Crippen molar-refractivity contribution >= 4 is 22.6 Å². The van der Waals surface area contributed by atoms with Crippen LogP contribution in [0.3, 0.4) is 0 Å². The molecule has 0 bridgehead atoms. The first kappa shape index (κ1) is 23.8. The van der Waals surface area contributed by atoms with Crippen molar-refractivity contribution in [2.75, 3.05) is 59.5 Å². The molecular formula is C26H35N3O4. The van der Waals surface area contributed by atoms with Crippen molar-refractivity contribution in [3.63, 3.8) is 0 Å². The monoisotopic (exact) mass is 453 g/mol. The normalized spacial score (nSPS) is 18.8. The highest BCUT2D eigenvalue weighted by atomic mass is 16.5. The van der Waals surface area contributed by atoms with E-state index in [1.165, 1.54) is 4.90 Å². The molecular weight excluding hydrogens is 418 g/mol. The third-order valence-corrected chi connectivity index (χ3v) is 6.46. The van der Waals surface area contributed by atoms with Gasteiger partial charge in [-0.05, 0) is 38.3 Å². The second kappa shape index (κ2) is 9.89. The number of imide groups is 1. The van der Waals surface area contributed by atoms with Gasteiger partial charge in [-0.1, -0.05) is 24.3 Å². The smallest absolute Gasteiger partial charge is 0.261 e. The fraction of sp³-hybridized carbons (Fsp3) is 0.538. The number of amides is 2. The molecule has 0 radical (unpaired) electrons. The van der Waals surface area contributed by atoms with Gasteiger partial charge in [0.2, 0.25) is 0 Å². The Kier molecular flexibility index (Phi) is 7.14. The van der Waals surface area contributed by atoms with Crippen LogP contribution >= 0.6 is 0 Å². The predicted octanol–water partition coefficient (Wildman–Crippen LogP) is 2.88. The summed E-state index contributed by atoms with van der Waals surface area (Å²) in [5.41, 5.74) is 1.07. The fourth-order valence-electron chi connectivity index (χ4n) is 4.55. The Bertz CT molecular complexity index is 958. The minimum absolute atomic E-state index is 0.0437. The van der Waals surface area contributed by atoms with Gasteiger partial charge in [0.05, 0.1) is 18.3 Å². The van der Waals surface area contributed by atoms with E-state index in [9.17, 15) is 9.59 Å². The number of rotatable bonds is 8. The zero-order valence-electron chi connectivity index (χ0n) is 20.2. The van der Waals surface area contributed by atoms with Gasteiger partial charge in [-0.15, -0.1) is 0 Å². The summed E-state index contributed by atoms with van der Waals surface area (Å²) in [7, 11) is 1.73. The summed E-state index contributed by atoms with van der Waals surface area (Å²) in [6.45, 7) is 12.3. The van der Waals surface area contributed by atoms with Crippen LogP contribution in [-0.2, 0) is 9.47 Å². The van der Waals surface area contributed by atoms with E-state index in [0.717, 1.165) is 43.5 Å². The van der Waals surface area contributed by atoms with E-state index < -0.39 is 0 Å². The highest BCUT2D eigenvalue weighted by molar-refractivity contribution is 6.25. The van der Waals surface area contributed by atoms with E-state index in [0.29, 0.717) is 30.8 Å². The average Bonchev–Trinajstić information content (AvgIpc) is 2.80. The summed E-state index contributed by atoms with van der Waals surface area (Å²) in [4.78, 5) is 32.3. The molecule has 33 heavy (non-hydrogen) atoms. The molecule has 2 heterocycles. The third-order valence-electron chi connectivity index (χ3n) is 6.46. The molecule has 0 saturated carbocycles. The topological polar surface area (TPSA) is 62.3 Å². The molecule has 0 spiro atoms. The molecule has 0 aromatic heterocycles. The average molecular weight is 454 g/mol. The number of carbonyl (C=O) groups is 2. The zero-order valence-corrected chi connectivity index (χ0v) is 20.2. The first-order valence-electron chi connectivity index (χ1n) is 11.8. The second-order valence-corrected chi connectivity index (χ2v) is 9.89. The molecule has 2 aliphatic heterocycles. The minimum atomic E-state index is -0.190. The molecule has 2 amide bonds. The lowest BCUT2D eigenvalue weighted by atomic mass is 9.94. The largest absolute Gasteiger partial charge is 0.378 e. The first-order chi connectivity index (χ1) is 15.8. The Morgan fingerprint density at radius 3 is 2.00 bits per heavy atom. The molecule has 0 N–H and O–H groups in total. The van der Waals surface area contributed by atoms with Crippen molar-refractivity contribution in [2.24, 2.45) is 0 Å². The standard InChI is InChI=1S/C26H35N3O4/c1-26(2,3)33-18-20(32-4)17-28-13-11-27(12-14-28)15-16-29-24(30)21-9-5-7-19-8-6-10-22(23(19)21)25(29)31/h5-10,20H,11-18H2,1-4H3/t20-/m0/s1. The number of hydrogen-bond donors (Lipinski definition) is 0. The summed E-state index contributed by atoms with van der Waals surface area (Å²) in [5.74, 6) is -0.380. The molecule has 0 unspecified atom stereocenters. The number of benzene rings is 2. The van der Waals surface area contributed by atoms with E-state index in [2.05, 4.69) is 30.6 Å². The van der Waals surface area contributed by atoms with E-state index >= 15 is 0 Å². The molecule has 7 nitrogen and oxygen atoms in total. The van der Waals surface area contributed by atoms with E-state index in [4.69, 9.17) is 9.47 Å². The number of nitrogens with zero attached hydrogens (tertiary/aromatic N) is 3. The van der Waals surface area contributed by atoms with Gasteiger partial charge in [-0.2, -0.15) is 0 Å². The Hall–Kier alpha value is -2.32. The van der Waals surface area contributed by atoms with Crippen LogP contribution in [0.4, 0.5) is 0 Å². The molecule has 178 valence electrons. The van der Waals surface area contributed by atoms with Crippen LogP contribution in [-0.4, -0.2) is 97.7 Å². The summed E-state index contributed by atoms with van der Waals surface area (Å²) < 4.78 is 11.5. The van der Waals surface area contributed by atoms with E-state index in [1.54, 1.807) is 7.11 Å². The Morgan fingerprint density at radius 2 is 1.45 bits per heavy atom. The van der Waals surface area contributed by atoms with E-state index in [1.807, 2.05) is 36.4 Å². The molecule has 0 aliphatic carbocycles. The Labute approximate surface area is 196 Å². The maximum atomic E-state index is 13.1. The van der Waals surface area contributed by atoms with Crippen molar-refractivity contribution in [2.45, 2.75) is 32.5 Å². The number of carbonyl (C=O) groups excluding carboxylic acids is 2. The van der Waals surface area contributed by atoms with Crippen LogP contribution in [0, 0.1) is 0 Å². The van der Waals surface area contributed by atoms with Crippen LogP contribution in [0.2, 0.25) is 0 Å². The SMILES string of the molecule is CO[C@H](COC(C)(C)C)CN1CCN(CCN2C(=O)c3cccc4cccc(c34)C2=O)CC1. The molecule has 1 atom stereocenters. The number of hydrogen-bond acceptors (Lipinski definition) is 6. The summed E-state index contributed by atoms with van der Waals surface area (Å²) in [6.07, 6.45) is 0.0437. The van der Waals surface area contributed by atoms with Crippen molar-refractivity contribution in [3.05, 3.63) is 47.5 Å². The van der Waals surface area contributed by atoms with Gasteiger partial charge < -0.3 is 9.47 Å². The lowest BCUT2D eigenvalue weighted by molar-refractivity contribution is -0.0711. The van der Waals surface area contributed by atoms with Gasteiger partial charge in [0.15, 0.2) is 0 Å². The minimum Gasteiger partial charge on any atom is -0.378 e. The lowest BCUT2D eigenvalue weighted by Gasteiger charge is -2.37. The highest BCUT2D eigenvalue weighted by Gasteiger charge is 2.33.